The normalized spacial score (nSPS) is 20.0. The fourth-order valence-corrected chi connectivity index (χ4v) is 2.81. The second-order valence-corrected chi connectivity index (χ2v) is 5.69. The first kappa shape index (κ1) is 15.9. The second kappa shape index (κ2) is 6.07. The van der Waals surface area contributed by atoms with Crippen molar-refractivity contribution >= 4 is 11.6 Å². The number of rotatable bonds is 3. The summed E-state index contributed by atoms with van der Waals surface area (Å²) in [6, 6.07) is 0. The van der Waals surface area contributed by atoms with E-state index in [9.17, 15) is 13.2 Å². The molecule has 118 valence electrons. The van der Waals surface area contributed by atoms with Crippen molar-refractivity contribution in [1.29, 1.82) is 0 Å². The third kappa shape index (κ3) is 3.39. The van der Waals surface area contributed by atoms with E-state index in [4.69, 9.17) is 0 Å². The molecule has 1 aromatic heterocycles. The smallest absolute Gasteiger partial charge is 0.373 e. The number of halogens is 3. The third-order valence-corrected chi connectivity index (χ3v) is 3.86. The highest BCUT2D eigenvalue weighted by Gasteiger charge is 2.42. The number of aromatic nitrogens is 2. The average molecular weight is 302 g/mol. The van der Waals surface area contributed by atoms with Gasteiger partial charge in [-0.25, -0.2) is 9.97 Å². The monoisotopic (exact) mass is 302 g/mol. The molecular weight excluding hydrogens is 281 g/mol. The summed E-state index contributed by atoms with van der Waals surface area (Å²) < 4.78 is 38.9. The third-order valence-electron chi connectivity index (χ3n) is 3.86. The molecule has 0 saturated carbocycles. The molecule has 0 amide bonds. The van der Waals surface area contributed by atoms with E-state index in [1.807, 2.05) is 13.8 Å². The molecule has 1 atom stereocenters. The molecule has 1 fully saturated rings. The number of hydrogen-bond acceptors (Lipinski definition) is 4. The Bertz CT molecular complexity index is 488. The molecule has 21 heavy (non-hydrogen) atoms. The highest BCUT2D eigenvalue weighted by molar-refractivity contribution is 5.60. The predicted molar refractivity (Wildman–Crippen MR) is 76.7 cm³/mol. The minimum atomic E-state index is -4.14. The first-order chi connectivity index (χ1) is 9.84. The minimum absolute atomic E-state index is 0.0244. The van der Waals surface area contributed by atoms with Gasteiger partial charge >= 0.3 is 6.18 Å². The van der Waals surface area contributed by atoms with E-state index in [1.54, 1.807) is 11.9 Å². The molecule has 1 unspecified atom stereocenters. The van der Waals surface area contributed by atoms with Gasteiger partial charge < -0.3 is 10.2 Å². The van der Waals surface area contributed by atoms with Crippen LogP contribution in [-0.4, -0.2) is 36.3 Å². The zero-order valence-electron chi connectivity index (χ0n) is 12.5. The largest absolute Gasteiger partial charge is 0.393 e. The van der Waals surface area contributed by atoms with E-state index < -0.39 is 12.1 Å². The summed E-state index contributed by atoms with van der Waals surface area (Å²) in [4.78, 5) is 10.2. The average Bonchev–Trinajstić information content (AvgIpc) is 2.45. The quantitative estimate of drug-likeness (QED) is 0.929. The summed E-state index contributed by atoms with van der Waals surface area (Å²) in [7, 11) is 1.76. The summed E-state index contributed by atoms with van der Waals surface area (Å²) in [5.74, 6) is 0.164. The van der Waals surface area contributed by atoms with Crippen LogP contribution < -0.4 is 10.2 Å². The first-order valence-corrected chi connectivity index (χ1v) is 7.19. The zero-order valence-corrected chi connectivity index (χ0v) is 12.5. The Morgan fingerprint density at radius 2 is 2.05 bits per heavy atom. The molecule has 0 bridgehead atoms. The summed E-state index contributed by atoms with van der Waals surface area (Å²) in [6.07, 6.45) is -2.01. The Kier molecular flexibility index (Phi) is 4.58. The van der Waals surface area contributed by atoms with Crippen molar-refractivity contribution in [2.75, 3.05) is 30.4 Å². The first-order valence-electron chi connectivity index (χ1n) is 7.19. The minimum Gasteiger partial charge on any atom is -0.373 e. The van der Waals surface area contributed by atoms with Gasteiger partial charge in [0.1, 0.15) is 18.0 Å². The van der Waals surface area contributed by atoms with Crippen molar-refractivity contribution in [3.8, 4) is 0 Å². The maximum atomic E-state index is 13.0. The number of anilines is 2. The Labute approximate surface area is 122 Å². The van der Waals surface area contributed by atoms with Crippen LogP contribution in [0.5, 0.6) is 0 Å². The highest BCUT2D eigenvalue weighted by atomic mass is 19.4. The van der Waals surface area contributed by atoms with Gasteiger partial charge in [-0.1, -0.05) is 13.8 Å². The fourth-order valence-electron chi connectivity index (χ4n) is 2.81. The van der Waals surface area contributed by atoms with Gasteiger partial charge in [0.05, 0.1) is 5.92 Å². The van der Waals surface area contributed by atoms with Crippen LogP contribution in [0.15, 0.2) is 6.33 Å². The van der Waals surface area contributed by atoms with Crippen LogP contribution in [-0.2, 0) is 0 Å². The molecule has 7 heteroatoms. The van der Waals surface area contributed by atoms with Crippen LogP contribution in [0.2, 0.25) is 0 Å². The van der Waals surface area contributed by atoms with Gasteiger partial charge in [0.2, 0.25) is 0 Å². The van der Waals surface area contributed by atoms with Crippen LogP contribution in [0.3, 0.4) is 0 Å². The number of alkyl halides is 3. The Morgan fingerprint density at radius 3 is 2.62 bits per heavy atom. The maximum Gasteiger partial charge on any atom is 0.393 e. The standard InChI is InChI=1S/C14H21F3N4/c1-9(2)11-12(18-3)19-8-20-13(11)21-6-4-5-10(7-21)14(15,16)17/h8-10H,4-7H2,1-3H3,(H,18,19,20). The van der Waals surface area contributed by atoms with E-state index in [2.05, 4.69) is 15.3 Å². The van der Waals surface area contributed by atoms with Crippen molar-refractivity contribution in [3.63, 3.8) is 0 Å². The van der Waals surface area contributed by atoms with Crippen LogP contribution in [0, 0.1) is 5.92 Å². The van der Waals surface area contributed by atoms with Gasteiger partial charge in [-0.2, -0.15) is 13.2 Å². The van der Waals surface area contributed by atoms with Gasteiger partial charge in [-0.05, 0) is 18.8 Å². The molecule has 2 rings (SSSR count). The Balaban J connectivity index is 2.33. The molecule has 2 heterocycles. The van der Waals surface area contributed by atoms with Crippen molar-refractivity contribution in [2.24, 2.45) is 5.92 Å². The van der Waals surface area contributed by atoms with E-state index >= 15 is 0 Å². The maximum absolute atomic E-state index is 13.0. The fraction of sp³-hybridized carbons (Fsp3) is 0.714. The molecule has 0 aliphatic carbocycles. The van der Waals surface area contributed by atoms with Crippen LogP contribution in [0.25, 0.3) is 0 Å². The molecule has 1 aliphatic heterocycles. The van der Waals surface area contributed by atoms with Gasteiger partial charge in [-0.3, -0.25) is 0 Å². The SMILES string of the molecule is CNc1ncnc(N2CCCC(C(F)(F)F)C2)c1C(C)C. The molecule has 0 aromatic carbocycles. The van der Waals surface area contributed by atoms with E-state index in [0.717, 1.165) is 5.56 Å². The van der Waals surface area contributed by atoms with Crippen LogP contribution in [0.1, 0.15) is 38.2 Å². The van der Waals surface area contributed by atoms with Crippen molar-refractivity contribution in [2.45, 2.75) is 38.8 Å². The van der Waals surface area contributed by atoms with E-state index in [1.165, 1.54) is 6.33 Å². The van der Waals surface area contributed by atoms with Crippen LogP contribution in [0.4, 0.5) is 24.8 Å². The predicted octanol–water partition coefficient (Wildman–Crippen LogP) is 3.42. The molecular formula is C14H21F3N4. The molecule has 0 spiro atoms. The lowest BCUT2D eigenvalue weighted by Crippen LogP contribution is -2.42. The lowest BCUT2D eigenvalue weighted by molar-refractivity contribution is -0.176. The van der Waals surface area contributed by atoms with Crippen molar-refractivity contribution in [3.05, 3.63) is 11.9 Å². The molecule has 1 aliphatic rings. The second-order valence-electron chi connectivity index (χ2n) is 5.69. The van der Waals surface area contributed by atoms with Crippen molar-refractivity contribution in [1.82, 2.24) is 9.97 Å². The number of piperidine rings is 1. The van der Waals surface area contributed by atoms with E-state index in [0.29, 0.717) is 24.6 Å². The highest BCUT2D eigenvalue weighted by Crippen LogP contribution is 2.37. The number of nitrogens with zero attached hydrogens (tertiary/aromatic N) is 3. The van der Waals surface area contributed by atoms with Gasteiger partial charge in [0.25, 0.3) is 0 Å². The Hall–Kier alpha value is -1.53. The summed E-state index contributed by atoms with van der Waals surface area (Å²) >= 11 is 0. The summed E-state index contributed by atoms with van der Waals surface area (Å²) in [5.41, 5.74) is 0.878. The lowest BCUT2D eigenvalue weighted by Gasteiger charge is -2.36. The Morgan fingerprint density at radius 1 is 1.33 bits per heavy atom. The molecule has 1 saturated heterocycles. The lowest BCUT2D eigenvalue weighted by atomic mass is 9.96. The van der Waals surface area contributed by atoms with Gasteiger partial charge in [0, 0.05) is 25.7 Å². The molecule has 1 N–H and O–H groups in total. The van der Waals surface area contributed by atoms with Crippen molar-refractivity contribution < 1.29 is 13.2 Å². The molecule has 1 aromatic rings. The zero-order chi connectivity index (χ0) is 15.6. The van der Waals surface area contributed by atoms with Gasteiger partial charge in [0.15, 0.2) is 0 Å². The molecule has 4 nitrogen and oxygen atoms in total. The number of nitrogens with one attached hydrogen (secondary N) is 1. The van der Waals surface area contributed by atoms with E-state index in [-0.39, 0.29) is 18.9 Å². The number of hydrogen-bond donors (Lipinski definition) is 1. The summed E-state index contributed by atoms with van der Waals surface area (Å²) in [5, 5.41) is 3.00. The topological polar surface area (TPSA) is 41.1 Å². The van der Waals surface area contributed by atoms with Crippen LogP contribution >= 0.6 is 0 Å². The van der Waals surface area contributed by atoms with Gasteiger partial charge in [-0.15, -0.1) is 0 Å². The molecule has 0 radical (unpaired) electrons. The summed E-state index contributed by atoms with van der Waals surface area (Å²) in [6.45, 7) is 4.57.